The highest BCUT2D eigenvalue weighted by Crippen LogP contribution is 2.18. The molecule has 0 saturated heterocycles. The number of benzene rings is 2. The predicted molar refractivity (Wildman–Crippen MR) is 91.1 cm³/mol. The Kier molecular flexibility index (Phi) is 6.67. The summed E-state index contributed by atoms with van der Waals surface area (Å²) in [5, 5.41) is 8.90. The van der Waals surface area contributed by atoms with Gasteiger partial charge in [0.15, 0.2) is 0 Å². The molecule has 0 aromatic heterocycles. The van der Waals surface area contributed by atoms with Crippen LogP contribution >= 0.6 is 0 Å². The van der Waals surface area contributed by atoms with Crippen molar-refractivity contribution < 1.29 is 0 Å². The molecule has 2 rings (SSSR count). The standard InChI is InChI=1S/C20H24N2/c1-2-20(14-9-15-21)22(16-18-10-5-3-6-11-18)17-19-12-7-4-8-13-19/h3-8,10-13,20H,2,9,14,16-17H2,1H3. The van der Waals surface area contributed by atoms with Crippen molar-refractivity contribution in [1.82, 2.24) is 4.90 Å². The molecule has 0 radical (unpaired) electrons. The second kappa shape index (κ2) is 9.02. The third-order valence-corrected chi connectivity index (χ3v) is 4.03. The molecule has 0 aliphatic rings. The molecule has 0 heterocycles. The van der Waals surface area contributed by atoms with Gasteiger partial charge in [0.05, 0.1) is 6.07 Å². The van der Waals surface area contributed by atoms with Crippen LogP contribution in [0, 0.1) is 11.3 Å². The summed E-state index contributed by atoms with van der Waals surface area (Å²) in [6.45, 7) is 4.07. The van der Waals surface area contributed by atoms with Crippen LogP contribution in [0.1, 0.15) is 37.3 Å². The van der Waals surface area contributed by atoms with Gasteiger partial charge in [-0.25, -0.2) is 0 Å². The van der Waals surface area contributed by atoms with Crippen molar-refractivity contribution >= 4 is 0 Å². The Hall–Kier alpha value is -2.11. The number of rotatable bonds is 8. The molecule has 0 saturated carbocycles. The molecule has 0 bridgehead atoms. The summed E-state index contributed by atoms with van der Waals surface area (Å²) >= 11 is 0. The molecule has 0 amide bonds. The van der Waals surface area contributed by atoms with Gasteiger partial charge in [-0.1, -0.05) is 67.6 Å². The van der Waals surface area contributed by atoms with Crippen molar-refractivity contribution in [2.24, 2.45) is 0 Å². The van der Waals surface area contributed by atoms with E-state index in [9.17, 15) is 0 Å². The first-order valence-electron chi connectivity index (χ1n) is 8.02. The lowest BCUT2D eigenvalue weighted by Crippen LogP contribution is -2.34. The van der Waals surface area contributed by atoms with Crippen molar-refractivity contribution in [1.29, 1.82) is 5.26 Å². The molecule has 2 heteroatoms. The van der Waals surface area contributed by atoms with Gasteiger partial charge in [0.1, 0.15) is 0 Å². The van der Waals surface area contributed by atoms with Crippen LogP contribution in [-0.4, -0.2) is 10.9 Å². The van der Waals surface area contributed by atoms with E-state index >= 15 is 0 Å². The molecule has 2 aromatic rings. The average Bonchev–Trinajstić information content (AvgIpc) is 2.57. The van der Waals surface area contributed by atoms with Gasteiger partial charge in [0.2, 0.25) is 0 Å². The maximum atomic E-state index is 8.90. The second-order valence-electron chi connectivity index (χ2n) is 5.64. The highest BCUT2D eigenvalue weighted by Gasteiger charge is 2.17. The van der Waals surface area contributed by atoms with Gasteiger partial charge in [0.25, 0.3) is 0 Å². The predicted octanol–water partition coefficient (Wildman–Crippen LogP) is 4.77. The van der Waals surface area contributed by atoms with Gasteiger partial charge in [-0.2, -0.15) is 5.26 Å². The summed E-state index contributed by atoms with van der Waals surface area (Å²) in [6, 6.07) is 23.9. The SMILES string of the molecule is CCC(CCC#N)N(Cc1ccccc1)Cc1ccccc1. The monoisotopic (exact) mass is 292 g/mol. The molecular formula is C20H24N2. The van der Waals surface area contributed by atoms with Gasteiger partial charge < -0.3 is 0 Å². The van der Waals surface area contributed by atoms with E-state index in [0.717, 1.165) is 25.9 Å². The van der Waals surface area contributed by atoms with Gasteiger partial charge in [-0.15, -0.1) is 0 Å². The largest absolute Gasteiger partial charge is 0.292 e. The average molecular weight is 292 g/mol. The quantitative estimate of drug-likeness (QED) is 0.700. The molecule has 0 fully saturated rings. The Balaban J connectivity index is 2.13. The van der Waals surface area contributed by atoms with Crippen molar-refractivity contribution in [3.63, 3.8) is 0 Å². The third-order valence-electron chi connectivity index (χ3n) is 4.03. The Bertz CT molecular complexity index is 530. The smallest absolute Gasteiger partial charge is 0.0622 e. The molecule has 1 unspecified atom stereocenters. The number of nitrogens with zero attached hydrogens (tertiary/aromatic N) is 2. The zero-order valence-electron chi connectivity index (χ0n) is 13.3. The number of hydrogen-bond acceptors (Lipinski definition) is 2. The zero-order valence-corrected chi connectivity index (χ0v) is 13.3. The van der Waals surface area contributed by atoms with Crippen LogP contribution in [-0.2, 0) is 13.1 Å². The lowest BCUT2D eigenvalue weighted by atomic mass is 10.0. The van der Waals surface area contributed by atoms with E-state index in [1.165, 1.54) is 11.1 Å². The van der Waals surface area contributed by atoms with Crippen LogP contribution in [0.2, 0.25) is 0 Å². The zero-order chi connectivity index (χ0) is 15.6. The molecule has 2 aromatic carbocycles. The Morgan fingerprint density at radius 3 is 1.82 bits per heavy atom. The van der Waals surface area contributed by atoms with E-state index < -0.39 is 0 Å². The van der Waals surface area contributed by atoms with E-state index in [1.54, 1.807) is 0 Å². The van der Waals surface area contributed by atoms with E-state index in [-0.39, 0.29) is 0 Å². The molecule has 114 valence electrons. The van der Waals surface area contributed by atoms with Crippen molar-refractivity contribution in [2.45, 2.75) is 45.3 Å². The highest BCUT2D eigenvalue weighted by atomic mass is 15.1. The minimum absolute atomic E-state index is 0.445. The topological polar surface area (TPSA) is 27.0 Å². The Labute approximate surface area is 134 Å². The lowest BCUT2D eigenvalue weighted by Gasteiger charge is -2.31. The molecule has 0 aliphatic carbocycles. The van der Waals surface area contributed by atoms with Crippen LogP contribution in [0.4, 0.5) is 0 Å². The fourth-order valence-corrected chi connectivity index (χ4v) is 2.83. The molecule has 0 spiro atoms. The van der Waals surface area contributed by atoms with Crippen LogP contribution in [0.15, 0.2) is 60.7 Å². The van der Waals surface area contributed by atoms with Gasteiger partial charge in [0, 0.05) is 25.6 Å². The van der Waals surface area contributed by atoms with E-state index in [2.05, 4.69) is 78.6 Å². The van der Waals surface area contributed by atoms with Gasteiger partial charge >= 0.3 is 0 Å². The third kappa shape index (κ3) is 5.02. The van der Waals surface area contributed by atoms with E-state index in [1.807, 2.05) is 0 Å². The molecule has 0 aliphatic heterocycles. The summed E-state index contributed by atoms with van der Waals surface area (Å²) in [5.74, 6) is 0. The first-order chi connectivity index (χ1) is 10.8. The van der Waals surface area contributed by atoms with Crippen LogP contribution < -0.4 is 0 Å². The van der Waals surface area contributed by atoms with Crippen LogP contribution in [0.3, 0.4) is 0 Å². The molecule has 2 nitrogen and oxygen atoms in total. The summed E-state index contributed by atoms with van der Waals surface area (Å²) < 4.78 is 0. The highest BCUT2D eigenvalue weighted by molar-refractivity contribution is 5.17. The number of hydrogen-bond donors (Lipinski definition) is 0. The van der Waals surface area contributed by atoms with Crippen molar-refractivity contribution in [3.8, 4) is 6.07 Å². The summed E-state index contributed by atoms with van der Waals surface area (Å²) in [7, 11) is 0. The molecule has 0 N–H and O–H groups in total. The first-order valence-corrected chi connectivity index (χ1v) is 8.02. The fourth-order valence-electron chi connectivity index (χ4n) is 2.83. The number of nitriles is 1. The van der Waals surface area contributed by atoms with E-state index in [4.69, 9.17) is 5.26 Å². The summed E-state index contributed by atoms with van der Waals surface area (Å²) in [5.41, 5.74) is 2.66. The summed E-state index contributed by atoms with van der Waals surface area (Å²) in [4.78, 5) is 2.50. The molecule has 22 heavy (non-hydrogen) atoms. The van der Waals surface area contributed by atoms with E-state index in [0.29, 0.717) is 12.5 Å². The Morgan fingerprint density at radius 1 is 0.909 bits per heavy atom. The molecule has 1 atom stereocenters. The second-order valence-corrected chi connectivity index (χ2v) is 5.64. The normalized spacial score (nSPS) is 12.0. The lowest BCUT2D eigenvalue weighted by molar-refractivity contribution is 0.165. The van der Waals surface area contributed by atoms with Crippen molar-refractivity contribution in [2.75, 3.05) is 0 Å². The van der Waals surface area contributed by atoms with Crippen LogP contribution in [0.5, 0.6) is 0 Å². The first kappa shape index (κ1) is 16.3. The van der Waals surface area contributed by atoms with Gasteiger partial charge in [-0.3, -0.25) is 4.90 Å². The maximum absolute atomic E-state index is 8.90. The Morgan fingerprint density at radius 2 is 1.41 bits per heavy atom. The van der Waals surface area contributed by atoms with Gasteiger partial charge in [-0.05, 0) is 24.0 Å². The summed E-state index contributed by atoms with van der Waals surface area (Å²) in [6.07, 6.45) is 2.63. The van der Waals surface area contributed by atoms with Crippen LogP contribution in [0.25, 0.3) is 0 Å². The van der Waals surface area contributed by atoms with Crippen molar-refractivity contribution in [3.05, 3.63) is 71.8 Å². The molecular weight excluding hydrogens is 268 g/mol. The minimum Gasteiger partial charge on any atom is -0.292 e. The minimum atomic E-state index is 0.445. The fraction of sp³-hybridized carbons (Fsp3) is 0.350. The maximum Gasteiger partial charge on any atom is 0.0622 e.